The molecule has 0 bridgehead atoms. The molecule has 10 heteroatoms. The number of H-pyrrole nitrogens is 1. The predicted octanol–water partition coefficient (Wildman–Crippen LogP) is 3.92. The van der Waals surface area contributed by atoms with E-state index in [1.807, 2.05) is 18.2 Å². The maximum absolute atomic E-state index is 12.9. The maximum Gasteiger partial charge on any atom is 0.246 e. The van der Waals surface area contributed by atoms with Crippen LogP contribution in [-0.2, 0) is 14.8 Å². The monoisotopic (exact) mass is 473 g/mol. The minimum atomic E-state index is -3.73. The van der Waals surface area contributed by atoms with Gasteiger partial charge in [-0.2, -0.15) is 4.31 Å². The van der Waals surface area contributed by atoms with Crippen molar-refractivity contribution in [2.45, 2.75) is 42.9 Å². The number of piperidine rings is 1. The second-order valence-electron chi connectivity index (χ2n) is 8.44. The molecule has 0 unspecified atom stereocenters. The average molecular weight is 474 g/mol. The number of aromatic amines is 1. The molecule has 168 valence electrons. The Morgan fingerprint density at radius 1 is 1.16 bits per heavy atom. The Kier molecular flexibility index (Phi) is 5.65. The van der Waals surface area contributed by atoms with Crippen LogP contribution in [0, 0.1) is 5.92 Å². The zero-order chi connectivity index (χ0) is 22.3. The fourth-order valence-corrected chi connectivity index (χ4v) is 6.19. The Bertz CT molecular complexity index is 1260. The summed E-state index contributed by atoms with van der Waals surface area (Å²) < 4.78 is 27.1. The molecule has 1 amide bonds. The van der Waals surface area contributed by atoms with E-state index in [9.17, 15) is 13.2 Å². The molecule has 3 aromatic rings. The van der Waals surface area contributed by atoms with Crippen molar-refractivity contribution in [3.05, 3.63) is 47.5 Å². The van der Waals surface area contributed by atoms with Crippen molar-refractivity contribution in [3.8, 4) is 0 Å². The van der Waals surface area contributed by atoms with Gasteiger partial charge >= 0.3 is 0 Å². The largest absolute Gasteiger partial charge is 0.342 e. The van der Waals surface area contributed by atoms with Gasteiger partial charge in [-0.25, -0.2) is 18.4 Å². The van der Waals surface area contributed by atoms with Gasteiger partial charge in [-0.3, -0.25) is 4.79 Å². The zero-order valence-electron chi connectivity index (χ0n) is 17.4. The number of halogens is 1. The number of nitrogens with zero attached hydrogens (tertiary/aromatic N) is 3. The first kappa shape index (κ1) is 21.4. The summed E-state index contributed by atoms with van der Waals surface area (Å²) in [7, 11) is -3.73. The molecule has 0 spiro atoms. The van der Waals surface area contributed by atoms with Crippen molar-refractivity contribution in [3.63, 3.8) is 0 Å². The summed E-state index contributed by atoms with van der Waals surface area (Å²) in [5, 5.41) is 2.94. The number of pyridine rings is 1. The molecule has 0 atom stereocenters. The third kappa shape index (κ3) is 4.00. The van der Waals surface area contributed by atoms with E-state index >= 15 is 0 Å². The fraction of sp³-hybridized carbons (Fsp3) is 0.409. The van der Waals surface area contributed by atoms with Crippen LogP contribution in [0.3, 0.4) is 0 Å². The SMILES string of the molecule is O=C(Nc1ccc2nc(C3CCC3)[nH]c2c1)C1CCN(S(=O)(=O)c2cccnc2Cl)CC1. The first-order valence-corrected chi connectivity index (χ1v) is 12.6. The Balaban J connectivity index is 1.22. The average Bonchev–Trinajstić information content (AvgIpc) is 3.15. The molecule has 5 rings (SSSR count). The van der Waals surface area contributed by atoms with Crippen LogP contribution < -0.4 is 5.32 Å². The van der Waals surface area contributed by atoms with E-state index in [1.54, 1.807) is 6.07 Å². The molecule has 1 aliphatic heterocycles. The number of fused-ring (bicyclic) bond motifs is 1. The summed E-state index contributed by atoms with van der Waals surface area (Å²) >= 11 is 5.98. The predicted molar refractivity (Wildman–Crippen MR) is 122 cm³/mol. The molecular formula is C22H24ClN5O3S. The van der Waals surface area contributed by atoms with E-state index < -0.39 is 10.0 Å². The van der Waals surface area contributed by atoms with Crippen molar-refractivity contribution in [1.82, 2.24) is 19.3 Å². The quantitative estimate of drug-likeness (QED) is 0.546. The van der Waals surface area contributed by atoms with Crippen molar-refractivity contribution in [2.24, 2.45) is 5.92 Å². The summed E-state index contributed by atoms with van der Waals surface area (Å²) in [4.78, 5) is 24.7. The Morgan fingerprint density at radius 2 is 1.94 bits per heavy atom. The van der Waals surface area contributed by atoms with E-state index in [1.165, 1.54) is 35.8 Å². The highest BCUT2D eigenvalue weighted by molar-refractivity contribution is 7.89. The lowest BCUT2D eigenvalue weighted by Gasteiger charge is -2.30. The van der Waals surface area contributed by atoms with Crippen LogP contribution >= 0.6 is 11.6 Å². The summed E-state index contributed by atoms with van der Waals surface area (Å²) in [6.45, 7) is 0.520. The van der Waals surface area contributed by atoms with Crippen LogP contribution in [0.25, 0.3) is 11.0 Å². The molecule has 3 heterocycles. The van der Waals surface area contributed by atoms with Gasteiger partial charge in [0, 0.05) is 36.8 Å². The highest BCUT2D eigenvalue weighted by Crippen LogP contribution is 2.36. The van der Waals surface area contributed by atoms with E-state index in [0.29, 0.717) is 24.4 Å². The first-order valence-electron chi connectivity index (χ1n) is 10.8. The Labute approximate surface area is 191 Å². The standard InChI is InChI=1S/C22H24ClN5O3S/c23-20-19(5-2-10-24-20)32(30,31)28-11-8-15(9-12-28)22(29)25-16-6-7-17-18(13-16)27-21(26-17)14-3-1-4-14/h2,5-7,10,13-15H,1,3-4,8-9,11-12H2,(H,25,29)(H,26,27). The minimum Gasteiger partial charge on any atom is -0.342 e. The highest BCUT2D eigenvalue weighted by atomic mass is 35.5. The van der Waals surface area contributed by atoms with Crippen LogP contribution in [0.15, 0.2) is 41.4 Å². The third-order valence-electron chi connectivity index (χ3n) is 6.43. The number of nitrogens with one attached hydrogen (secondary N) is 2. The van der Waals surface area contributed by atoms with Gasteiger partial charge in [0.2, 0.25) is 15.9 Å². The lowest BCUT2D eigenvalue weighted by Crippen LogP contribution is -2.41. The van der Waals surface area contributed by atoms with Crippen LogP contribution in [0.1, 0.15) is 43.8 Å². The Hall–Kier alpha value is -2.49. The molecule has 1 saturated heterocycles. The summed E-state index contributed by atoms with van der Waals surface area (Å²) in [5.74, 6) is 1.19. The number of carbonyl (C=O) groups excluding carboxylic acids is 1. The van der Waals surface area contributed by atoms with Gasteiger partial charge in [-0.05, 0) is 56.0 Å². The van der Waals surface area contributed by atoms with Gasteiger partial charge in [0.25, 0.3) is 0 Å². The van der Waals surface area contributed by atoms with E-state index in [2.05, 4.69) is 20.3 Å². The molecule has 8 nitrogen and oxygen atoms in total. The first-order chi connectivity index (χ1) is 15.4. The van der Waals surface area contributed by atoms with Crippen LogP contribution in [0.2, 0.25) is 5.15 Å². The summed E-state index contributed by atoms with van der Waals surface area (Å²) in [5.41, 5.74) is 2.53. The number of carbonyl (C=O) groups is 1. The van der Waals surface area contributed by atoms with Gasteiger partial charge < -0.3 is 10.3 Å². The van der Waals surface area contributed by atoms with Gasteiger partial charge in [0.05, 0.1) is 11.0 Å². The van der Waals surface area contributed by atoms with Crippen molar-refractivity contribution >= 4 is 44.3 Å². The van der Waals surface area contributed by atoms with Crippen molar-refractivity contribution < 1.29 is 13.2 Å². The molecule has 32 heavy (non-hydrogen) atoms. The molecule has 2 aromatic heterocycles. The molecule has 0 radical (unpaired) electrons. The third-order valence-corrected chi connectivity index (χ3v) is 8.77. The van der Waals surface area contributed by atoms with Gasteiger partial charge in [-0.15, -0.1) is 0 Å². The number of benzene rings is 1. The summed E-state index contributed by atoms with van der Waals surface area (Å²) in [6, 6.07) is 8.68. The normalized spacial score (nSPS) is 18.5. The second-order valence-corrected chi connectivity index (χ2v) is 10.7. The van der Waals surface area contributed by atoms with Crippen LogP contribution in [0.4, 0.5) is 5.69 Å². The smallest absolute Gasteiger partial charge is 0.246 e. The highest BCUT2D eigenvalue weighted by Gasteiger charge is 2.33. The van der Waals surface area contributed by atoms with Gasteiger partial charge in [0.1, 0.15) is 15.9 Å². The molecule has 1 aromatic carbocycles. The van der Waals surface area contributed by atoms with E-state index in [-0.39, 0.29) is 35.0 Å². The lowest BCUT2D eigenvalue weighted by molar-refractivity contribution is -0.120. The number of amides is 1. The number of anilines is 1. The summed E-state index contributed by atoms with van der Waals surface area (Å²) in [6.07, 6.45) is 5.93. The van der Waals surface area contributed by atoms with Crippen molar-refractivity contribution in [2.75, 3.05) is 18.4 Å². The molecule has 2 N–H and O–H groups in total. The second kappa shape index (κ2) is 8.46. The van der Waals surface area contributed by atoms with Gasteiger partial charge in [-0.1, -0.05) is 18.0 Å². The molecule has 2 fully saturated rings. The molecule has 1 saturated carbocycles. The molecular weight excluding hydrogens is 450 g/mol. The van der Waals surface area contributed by atoms with E-state index in [4.69, 9.17) is 11.6 Å². The maximum atomic E-state index is 12.9. The van der Waals surface area contributed by atoms with Crippen molar-refractivity contribution in [1.29, 1.82) is 0 Å². The lowest BCUT2D eigenvalue weighted by atomic mass is 9.85. The van der Waals surface area contributed by atoms with Crippen LogP contribution in [0.5, 0.6) is 0 Å². The van der Waals surface area contributed by atoms with Gasteiger partial charge in [0.15, 0.2) is 0 Å². The Morgan fingerprint density at radius 3 is 2.62 bits per heavy atom. The number of sulfonamides is 1. The number of hydrogen-bond donors (Lipinski definition) is 2. The fourth-order valence-electron chi connectivity index (χ4n) is 4.29. The molecule has 1 aliphatic carbocycles. The molecule has 2 aliphatic rings. The number of hydrogen-bond acceptors (Lipinski definition) is 5. The number of aromatic nitrogens is 3. The topological polar surface area (TPSA) is 108 Å². The number of imidazole rings is 1. The van der Waals surface area contributed by atoms with E-state index in [0.717, 1.165) is 16.9 Å². The number of rotatable bonds is 5. The zero-order valence-corrected chi connectivity index (χ0v) is 19.0. The minimum absolute atomic E-state index is 0.00121. The van der Waals surface area contributed by atoms with Crippen LogP contribution in [-0.4, -0.2) is 46.7 Å².